The summed E-state index contributed by atoms with van der Waals surface area (Å²) in [5.41, 5.74) is 5.19. The van der Waals surface area contributed by atoms with Crippen LogP contribution < -0.4 is 5.48 Å². The first-order valence-electron chi connectivity index (χ1n) is 6.64. The minimum absolute atomic E-state index is 0.997. The molecule has 0 bridgehead atoms. The van der Waals surface area contributed by atoms with E-state index < -0.39 is 0 Å². The Morgan fingerprint density at radius 3 is 2.22 bits per heavy atom. The van der Waals surface area contributed by atoms with Gasteiger partial charge >= 0.3 is 0 Å². The zero-order chi connectivity index (χ0) is 12.8. The van der Waals surface area contributed by atoms with Gasteiger partial charge in [0, 0.05) is 32.7 Å². The second-order valence-electron chi connectivity index (χ2n) is 4.71. The third-order valence-corrected chi connectivity index (χ3v) is 3.49. The van der Waals surface area contributed by atoms with Crippen LogP contribution in [0.3, 0.4) is 0 Å². The Balaban J connectivity index is 1.82. The standard InChI is InChI=1S/C14H23N3O/c1-3-16-8-10-17(11-9-16)12-13-4-6-14(7-5-13)15-18-2/h4-7,15H,3,8-12H2,1-2H3. The fourth-order valence-corrected chi connectivity index (χ4v) is 2.32. The van der Waals surface area contributed by atoms with Gasteiger partial charge in [-0.25, -0.2) is 0 Å². The average Bonchev–Trinajstić information content (AvgIpc) is 2.42. The minimum Gasteiger partial charge on any atom is -0.301 e. The molecule has 1 aliphatic heterocycles. The number of rotatable bonds is 5. The number of nitrogens with one attached hydrogen (secondary N) is 1. The molecule has 1 N–H and O–H groups in total. The lowest BCUT2D eigenvalue weighted by atomic mass is 10.2. The van der Waals surface area contributed by atoms with E-state index in [1.807, 2.05) is 0 Å². The highest BCUT2D eigenvalue weighted by Gasteiger charge is 2.15. The summed E-state index contributed by atoms with van der Waals surface area (Å²) < 4.78 is 0. The maximum absolute atomic E-state index is 4.88. The van der Waals surface area contributed by atoms with Crippen molar-refractivity contribution >= 4 is 5.69 Å². The van der Waals surface area contributed by atoms with Crippen LogP contribution in [0.2, 0.25) is 0 Å². The molecule has 1 heterocycles. The third-order valence-electron chi connectivity index (χ3n) is 3.49. The van der Waals surface area contributed by atoms with Crippen LogP contribution in [-0.2, 0) is 11.4 Å². The first-order chi connectivity index (χ1) is 8.81. The Morgan fingerprint density at radius 1 is 1.06 bits per heavy atom. The van der Waals surface area contributed by atoms with Crippen molar-refractivity contribution in [2.24, 2.45) is 0 Å². The van der Waals surface area contributed by atoms with Crippen molar-refractivity contribution in [3.63, 3.8) is 0 Å². The van der Waals surface area contributed by atoms with Gasteiger partial charge in [0.15, 0.2) is 0 Å². The molecule has 1 aromatic carbocycles. The molecule has 1 saturated heterocycles. The molecule has 0 aromatic heterocycles. The Labute approximate surface area is 109 Å². The van der Waals surface area contributed by atoms with Gasteiger partial charge in [-0.3, -0.25) is 15.2 Å². The van der Waals surface area contributed by atoms with Crippen molar-refractivity contribution in [1.29, 1.82) is 0 Å². The third kappa shape index (κ3) is 3.70. The lowest BCUT2D eigenvalue weighted by molar-refractivity contribution is 0.132. The van der Waals surface area contributed by atoms with Crippen molar-refractivity contribution < 1.29 is 4.84 Å². The van der Waals surface area contributed by atoms with E-state index in [0.29, 0.717) is 0 Å². The Kier molecular flexibility index (Phi) is 4.99. The molecule has 0 radical (unpaired) electrons. The highest BCUT2D eigenvalue weighted by atomic mass is 16.6. The number of likely N-dealkylation sites (N-methyl/N-ethyl adjacent to an activating group) is 1. The lowest BCUT2D eigenvalue weighted by Crippen LogP contribution is -2.45. The zero-order valence-corrected chi connectivity index (χ0v) is 11.4. The highest BCUT2D eigenvalue weighted by Crippen LogP contribution is 2.12. The summed E-state index contributed by atoms with van der Waals surface area (Å²) in [5, 5.41) is 0. The van der Waals surface area contributed by atoms with E-state index in [2.05, 4.69) is 46.5 Å². The summed E-state index contributed by atoms with van der Waals surface area (Å²) in [5.74, 6) is 0. The molecule has 0 unspecified atom stereocenters. The molecule has 4 nitrogen and oxygen atoms in total. The molecule has 1 aliphatic rings. The van der Waals surface area contributed by atoms with Gasteiger partial charge in [0.1, 0.15) is 0 Å². The normalized spacial score (nSPS) is 17.9. The van der Waals surface area contributed by atoms with Crippen molar-refractivity contribution in [2.45, 2.75) is 13.5 Å². The molecule has 0 amide bonds. The molecule has 1 fully saturated rings. The monoisotopic (exact) mass is 249 g/mol. The molecule has 4 heteroatoms. The number of piperazine rings is 1. The fraction of sp³-hybridized carbons (Fsp3) is 0.571. The largest absolute Gasteiger partial charge is 0.301 e. The summed E-state index contributed by atoms with van der Waals surface area (Å²) in [4.78, 5) is 9.90. The second-order valence-corrected chi connectivity index (χ2v) is 4.71. The SMILES string of the molecule is CCN1CCN(Cc2ccc(NOC)cc2)CC1. The Bertz CT molecular complexity index is 345. The second kappa shape index (κ2) is 6.73. The van der Waals surface area contributed by atoms with Gasteiger partial charge in [0.05, 0.1) is 12.8 Å². The van der Waals surface area contributed by atoms with Crippen LogP contribution in [-0.4, -0.2) is 49.6 Å². The fourth-order valence-electron chi connectivity index (χ4n) is 2.32. The van der Waals surface area contributed by atoms with Crippen LogP contribution in [0.1, 0.15) is 12.5 Å². The molecule has 1 aromatic rings. The Hall–Kier alpha value is -1.10. The van der Waals surface area contributed by atoms with Crippen molar-refractivity contribution in [2.75, 3.05) is 45.3 Å². The molecule has 18 heavy (non-hydrogen) atoms. The summed E-state index contributed by atoms with van der Waals surface area (Å²) in [6, 6.07) is 8.43. The molecule has 0 aliphatic carbocycles. The average molecular weight is 249 g/mol. The van der Waals surface area contributed by atoms with Gasteiger partial charge in [0.2, 0.25) is 0 Å². The van der Waals surface area contributed by atoms with E-state index >= 15 is 0 Å². The van der Waals surface area contributed by atoms with E-state index in [1.165, 1.54) is 38.3 Å². The van der Waals surface area contributed by atoms with Gasteiger partial charge in [-0.15, -0.1) is 0 Å². The topological polar surface area (TPSA) is 27.7 Å². The molecule has 0 atom stereocenters. The number of benzene rings is 1. The van der Waals surface area contributed by atoms with Crippen molar-refractivity contribution in [3.8, 4) is 0 Å². The number of nitrogens with zero attached hydrogens (tertiary/aromatic N) is 2. The smallest absolute Gasteiger partial charge is 0.0636 e. The van der Waals surface area contributed by atoms with E-state index in [0.717, 1.165) is 12.2 Å². The van der Waals surface area contributed by atoms with Crippen LogP contribution >= 0.6 is 0 Å². The van der Waals surface area contributed by atoms with Crippen molar-refractivity contribution in [1.82, 2.24) is 9.80 Å². The van der Waals surface area contributed by atoms with Gasteiger partial charge in [-0.05, 0) is 24.2 Å². The van der Waals surface area contributed by atoms with E-state index in [1.54, 1.807) is 7.11 Å². The molecule has 0 spiro atoms. The summed E-state index contributed by atoms with van der Waals surface area (Å²) in [6.45, 7) is 9.19. The van der Waals surface area contributed by atoms with E-state index in [9.17, 15) is 0 Å². The number of hydrogen-bond acceptors (Lipinski definition) is 4. The first-order valence-corrected chi connectivity index (χ1v) is 6.64. The zero-order valence-electron chi connectivity index (χ0n) is 11.4. The molecular weight excluding hydrogens is 226 g/mol. The minimum atomic E-state index is 0.997. The summed E-state index contributed by atoms with van der Waals surface area (Å²) in [7, 11) is 1.63. The molecular formula is C14H23N3O. The highest BCUT2D eigenvalue weighted by molar-refractivity contribution is 5.42. The Morgan fingerprint density at radius 2 is 1.67 bits per heavy atom. The van der Waals surface area contributed by atoms with Crippen LogP contribution in [0.4, 0.5) is 5.69 Å². The summed E-state index contributed by atoms with van der Waals surface area (Å²) >= 11 is 0. The van der Waals surface area contributed by atoms with Gasteiger partial charge in [0.25, 0.3) is 0 Å². The van der Waals surface area contributed by atoms with Crippen LogP contribution in [0.15, 0.2) is 24.3 Å². The molecule has 0 saturated carbocycles. The van der Waals surface area contributed by atoms with Crippen LogP contribution in [0.5, 0.6) is 0 Å². The lowest BCUT2D eigenvalue weighted by Gasteiger charge is -2.34. The first kappa shape index (κ1) is 13.3. The van der Waals surface area contributed by atoms with E-state index in [4.69, 9.17) is 4.84 Å². The number of hydrogen-bond donors (Lipinski definition) is 1. The predicted octanol–water partition coefficient (Wildman–Crippen LogP) is 1.80. The maximum atomic E-state index is 4.88. The molecule has 100 valence electrons. The summed E-state index contributed by atoms with van der Waals surface area (Å²) in [6.07, 6.45) is 0. The maximum Gasteiger partial charge on any atom is 0.0636 e. The number of anilines is 1. The van der Waals surface area contributed by atoms with Gasteiger partial charge in [-0.1, -0.05) is 19.1 Å². The van der Waals surface area contributed by atoms with Gasteiger partial charge in [-0.2, -0.15) is 0 Å². The van der Waals surface area contributed by atoms with Gasteiger partial charge < -0.3 is 4.90 Å². The quantitative estimate of drug-likeness (QED) is 0.805. The molecule has 2 rings (SSSR count). The van der Waals surface area contributed by atoms with Crippen molar-refractivity contribution in [3.05, 3.63) is 29.8 Å². The van der Waals surface area contributed by atoms with Crippen LogP contribution in [0, 0.1) is 0 Å². The van der Waals surface area contributed by atoms with E-state index in [-0.39, 0.29) is 0 Å². The predicted molar refractivity (Wildman–Crippen MR) is 74.5 cm³/mol. The van der Waals surface area contributed by atoms with Crippen LogP contribution in [0.25, 0.3) is 0 Å².